The minimum absolute atomic E-state index is 0.289. The van der Waals surface area contributed by atoms with Gasteiger partial charge in [-0.1, -0.05) is 43.0 Å². The van der Waals surface area contributed by atoms with Crippen LogP contribution in [0.3, 0.4) is 0 Å². The first kappa shape index (κ1) is 14.6. The molecule has 2 aromatic carbocycles. The van der Waals surface area contributed by atoms with E-state index < -0.39 is 0 Å². The molecule has 1 N–H and O–H groups in total. The molecule has 0 bridgehead atoms. The van der Waals surface area contributed by atoms with Crippen LogP contribution >= 0.6 is 9.24 Å². The summed E-state index contributed by atoms with van der Waals surface area (Å²) in [5.74, 6) is 0.289. The van der Waals surface area contributed by atoms with E-state index in [9.17, 15) is 5.11 Å². The fourth-order valence-corrected chi connectivity index (χ4v) is 2.74. The van der Waals surface area contributed by atoms with Crippen molar-refractivity contribution >= 4 is 20.1 Å². The van der Waals surface area contributed by atoms with Gasteiger partial charge in [0, 0.05) is 0 Å². The Kier molecular flexibility index (Phi) is 4.42. The van der Waals surface area contributed by atoms with Crippen molar-refractivity contribution in [3.05, 3.63) is 66.3 Å². The van der Waals surface area contributed by atoms with Gasteiger partial charge >= 0.3 is 0 Å². The topological polar surface area (TPSA) is 20.2 Å². The number of phenols is 1. The first-order valence-electron chi connectivity index (χ1n) is 6.56. The Hall–Kier alpha value is -1.85. The van der Waals surface area contributed by atoms with Crippen LogP contribution in [-0.2, 0) is 0 Å². The molecule has 0 amide bonds. The summed E-state index contributed by atoms with van der Waals surface area (Å²) < 4.78 is 0. The number of phenolic OH excluding ortho intramolecular Hbond substituents is 1. The quantitative estimate of drug-likeness (QED) is 0.651. The van der Waals surface area contributed by atoms with Crippen LogP contribution in [0, 0.1) is 6.92 Å². The lowest BCUT2D eigenvalue weighted by atomic mass is 9.95. The van der Waals surface area contributed by atoms with Crippen molar-refractivity contribution in [1.29, 1.82) is 0 Å². The first-order chi connectivity index (χ1) is 9.58. The predicted molar refractivity (Wildman–Crippen MR) is 91.5 cm³/mol. The van der Waals surface area contributed by atoms with E-state index in [1.165, 1.54) is 22.0 Å². The molecule has 2 aromatic rings. The molecule has 0 radical (unpaired) electrons. The molecule has 102 valence electrons. The Morgan fingerprint density at radius 1 is 1.15 bits per heavy atom. The van der Waals surface area contributed by atoms with Gasteiger partial charge in [-0.2, -0.15) is 0 Å². The SMILES string of the molecule is C=C/C(=C\C)c1ccc(-c2ccc(O)cc2)c(C)c1P. The Morgan fingerprint density at radius 3 is 2.35 bits per heavy atom. The van der Waals surface area contributed by atoms with Crippen molar-refractivity contribution in [2.24, 2.45) is 0 Å². The molecule has 0 saturated carbocycles. The van der Waals surface area contributed by atoms with Gasteiger partial charge in [-0.05, 0) is 59.1 Å². The molecule has 0 heterocycles. The van der Waals surface area contributed by atoms with Gasteiger partial charge in [0.05, 0.1) is 0 Å². The highest BCUT2D eigenvalue weighted by atomic mass is 31.0. The van der Waals surface area contributed by atoms with E-state index >= 15 is 0 Å². The van der Waals surface area contributed by atoms with Crippen LogP contribution in [0.4, 0.5) is 0 Å². The fourth-order valence-electron chi connectivity index (χ4n) is 2.32. The molecule has 0 aliphatic heterocycles. The maximum atomic E-state index is 9.39. The summed E-state index contributed by atoms with van der Waals surface area (Å²) in [5, 5.41) is 10.6. The fraction of sp³-hybridized carbons (Fsp3) is 0.111. The average Bonchev–Trinajstić information content (AvgIpc) is 2.46. The van der Waals surface area contributed by atoms with Crippen LogP contribution in [-0.4, -0.2) is 5.11 Å². The van der Waals surface area contributed by atoms with Gasteiger partial charge < -0.3 is 5.11 Å². The average molecular weight is 282 g/mol. The number of hydrogen-bond donors (Lipinski definition) is 1. The minimum Gasteiger partial charge on any atom is -0.508 e. The summed E-state index contributed by atoms with van der Waals surface area (Å²) in [6.07, 6.45) is 3.94. The highest BCUT2D eigenvalue weighted by Crippen LogP contribution is 2.28. The third kappa shape index (κ3) is 2.69. The molecule has 20 heavy (non-hydrogen) atoms. The number of rotatable bonds is 3. The summed E-state index contributed by atoms with van der Waals surface area (Å²) >= 11 is 0. The maximum Gasteiger partial charge on any atom is 0.115 e. The van der Waals surface area contributed by atoms with Gasteiger partial charge in [-0.15, -0.1) is 9.24 Å². The normalized spacial score (nSPS) is 11.4. The standard InChI is InChI=1S/C18H19OP/c1-4-13(5-2)17-11-10-16(12(3)18(17)20)14-6-8-15(19)9-7-14/h4-11,19H,1,20H2,2-3H3/b13-5+. The largest absolute Gasteiger partial charge is 0.508 e. The van der Waals surface area contributed by atoms with Crippen molar-refractivity contribution in [3.63, 3.8) is 0 Å². The van der Waals surface area contributed by atoms with Crippen molar-refractivity contribution < 1.29 is 5.11 Å². The Labute approximate surface area is 122 Å². The van der Waals surface area contributed by atoms with E-state index in [2.05, 4.69) is 41.0 Å². The molecule has 0 aliphatic carbocycles. The second kappa shape index (κ2) is 6.07. The second-order valence-corrected chi connectivity index (χ2v) is 5.27. The number of benzene rings is 2. The van der Waals surface area contributed by atoms with E-state index in [1.807, 2.05) is 25.1 Å². The zero-order chi connectivity index (χ0) is 14.7. The summed E-state index contributed by atoms with van der Waals surface area (Å²) in [6.45, 7) is 8.00. The lowest BCUT2D eigenvalue weighted by Gasteiger charge is -2.14. The van der Waals surface area contributed by atoms with Crippen molar-refractivity contribution in [2.75, 3.05) is 0 Å². The Bertz CT molecular complexity index is 667. The summed E-state index contributed by atoms with van der Waals surface area (Å²) in [4.78, 5) is 0. The third-order valence-corrected chi connectivity index (χ3v) is 4.28. The van der Waals surface area contributed by atoms with Crippen LogP contribution < -0.4 is 5.30 Å². The molecule has 2 heteroatoms. The van der Waals surface area contributed by atoms with E-state index in [0.717, 1.165) is 11.1 Å². The number of allylic oxidation sites excluding steroid dienone is 3. The van der Waals surface area contributed by atoms with Crippen molar-refractivity contribution in [1.82, 2.24) is 0 Å². The molecule has 1 atom stereocenters. The predicted octanol–water partition coefficient (Wildman–Crippen LogP) is 4.46. The summed E-state index contributed by atoms with van der Waals surface area (Å²) in [5.41, 5.74) is 5.83. The number of aromatic hydroxyl groups is 1. The molecule has 0 aromatic heterocycles. The minimum atomic E-state index is 0.289. The van der Waals surface area contributed by atoms with Gasteiger partial charge in [-0.25, -0.2) is 0 Å². The van der Waals surface area contributed by atoms with Crippen LogP contribution in [0.15, 0.2) is 55.1 Å². The van der Waals surface area contributed by atoms with E-state index in [0.29, 0.717) is 0 Å². The Morgan fingerprint density at radius 2 is 1.80 bits per heavy atom. The van der Waals surface area contributed by atoms with Crippen LogP contribution in [0.25, 0.3) is 16.7 Å². The molecule has 1 nitrogen and oxygen atoms in total. The van der Waals surface area contributed by atoms with Gasteiger partial charge in [0.2, 0.25) is 0 Å². The second-order valence-electron chi connectivity index (χ2n) is 4.69. The van der Waals surface area contributed by atoms with E-state index in [-0.39, 0.29) is 5.75 Å². The molecule has 1 unspecified atom stereocenters. The zero-order valence-electron chi connectivity index (χ0n) is 11.9. The van der Waals surface area contributed by atoms with Crippen molar-refractivity contribution in [2.45, 2.75) is 13.8 Å². The third-order valence-electron chi connectivity index (χ3n) is 3.54. The lowest BCUT2D eigenvalue weighted by Crippen LogP contribution is -2.06. The van der Waals surface area contributed by atoms with Gasteiger partial charge in [0.25, 0.3) is 0 Å². The highest BCUT2D eigenvalue weighted by Gasteiger charge is 2.09. The smallest absolute Gasteiger partial charge is 0.115 e. The van der Waals surface area contributed by atoms with Gasteiger partial charge in [-0.3, -0.25) is 0 Å². The summed E-state index contributed by atoms with van der Waals surface area (Å²) in [7, 11) is 2.83. The maximum absolute atomic E-state index is 9.39. The monoisotopic (exact) mass is 282 g/mol. The molecule has 0 aliphatic rings. The van der Waals surface area contributed by atoms with Crippen molar-refractivity contribution in [3.8, 4) is 16.9 Å². The first-order valence-corrected chi connectivity index (χ1v) is 7.13. The molecule has 0 saturated heterocycles. The molecular weight excluding hydrogens is 263 g/mol. The van der Waals surface area contributed by atoms with E-state index in [4.69, 9.17) is 0 Å². The zero-order valence-corrected chi connectivity index (χ0v) is 13.0. The summed E-state index contributed by atoms with van der Waals surface area (Å²) in [6, 6.07) is 11.5. The molecular formula is C18H19OP. The lowest BCUT2D eigenvalue weighted by molar-refractivity contribution is 0.475. The molecule has 0 spiro atoms. The van der Waals surface area contributed by atoms with Crippen LogP contribution in [0.2, 0.25) is 0 Å². The molecule has 0 fully saturated rings. The van der Waals surface area contributed by atoms with Gasteiger partial charge in [0.1, 0.15) is 5.75 Å². The molecule has 2 rings (SSSR count). The van der Waals surface area contributed by atoms with Gasteiger partial charge in [0.15, 0.2) is 0 Å². The van der Waals surface area contributed by atoms with Crippen LogP contribution in [0.5, 0.6) is 5.75 Å². The highest BCUT2D eigenvalue weighted by molar-refractivity contribution is 7.27. The number of hydrogen-bond acceptors (Lipinski definition) is 1. The Balaban J connectivity index is 2.56. The van der Waals surface area contributed by atoms with Crippen LogP contribution in [0.1, 0.15) is 18.1 Å². The van der Waals surface area contributed by atoms with E-state index in [1.54, 1.807) is 12.1 Å².